The number of anilines is 1. The van der Waals surface area contributed by atoms with Gasteiger partial charge in [0.05, 0.1) is 6.61 Å². The van der Waals surface area contributed by atoms with Crippen LogP contribution in [-0.2, 0) is 0 Å². The van der Waals surface area contributed by atoms with E-state index in [9.17, 15) is 0 Å². The highest BCUT2D eigenvalue weighted by atomic mass is 16.3. The Kier molecular flexibility index (Phi) is 7.53. The monoisotopic (exact) mass is 264 g/mol. The summed E-state index contributed by atoms with van der Waals surface area (Å²) in [6.07, 6.45) is 2.27. The number of aliphatic hydroxyl groups excluding tert-OH is 1. The van der Waals surface area contributed by atoms with Gasteiger partial charge in [-0.05, 0) is 44.0 Å². The quantitative estimate of drug-likeness (QED) is 0.720. The van der Waals surface area contributed by atoms with E-state index in [1.807, 2.05) is 0 Å². The van der Waals surface area contributed by atoms with Gasteiger partial charge in [-0.15, -0.1) is 0 Å². The lowest BCUT2D eigenvalue weighted by atomic mass is 10.0. The van der Waals surface area contributed by atoms with Gasteiger partial charge >= 0.3 is 0 Å². The third kappa shape index (κ3) is 4.84. The molecule has 0 radical (unpaired) electrons. The van der Waals surface area contributed by atoms with E-state index < -0.39 is 0 Å². The molecule has 0 amide bonds. The molecule has 0 aliphatic carbocycles. The minimum atomic E-state index is 0.200. The molecule has 3 heteroatoms. The molecule has 0 heterocycles. The van der Waals surface area contributed by atoms with Gasteiger partial charge in [-0.2, -0.15) is 0 Å². The standard InChI is InChI=1S/C16H28N2O/c1-4-11-17-16(5-2)14-7-9-15(10-8-14)18(6-3)12-13-19/h7-10,16-17,19H,4-6,11-13H2,1-3H3. The van der Waals surface area contributed by atoms with Crippen molar-refractivity contribution >= 4 is 5.69 Å². The Morgan fingerprint density at radius 3 is 2.32 bits per heavy atom. The largest absolute Gasteiger partial charge is 0.395 e. The molecule has 0 aliphatic heterocycles. The molecular formula is C16H28N2O. The normalized spacial score (nSPS) is 12.4. The van der Waals surface area contributed by atoms with Crippen LogP contribution in [0.3, 0.4) is 0 Å². The second-order valence-corrected chi connectivity index (χ2v) is 4.81. The van der Waals surface area contributed by atoms with E-state index in [0.29, 0.717) is 12.6 Å². The molecule has 0 spiro atoms. The van der Waals surface area contributed by atoms with Crippen LogP contribution < -0.4 is 10.2 Å². The summed E-state index contributed by atoms with van der Waals surface area (Å²) in [6.45, 7) is 9.40. The highest BCUT2D eigenvalue weighted by molar-refractivity contribution is 5.48. The number of nitrogens with zero attached hydrogens (tertiary/aromatic N) is 1. The lowest BCUT2D eigenvalue weighted by Gasteiger charge is -2.23. The second kappa shape index (κ2) is 8.94. The van der Waals surface area contributed by atoms with E-state index in [2.05, 4.69) is 55.3 Å². The number of aliphatic hydroxyl groups is 1. The highest BCUT2D eigenvalue weighted by Gasteiger charge is 2.09. The molecule has 1 atom stereocenters. The van der Waals surface area contributed by atoms with Gasteiger partial charge in [-0.1, -0.05) is 26.0 Å². The summed E-state index contributed by atoms with van der Waals surface area (Å²) in [4.78, 5) is 2.18. The number of hydrogen-bond donors (Lipinski definition) is 2. The van der Waals surface area contributed by atoms with Crippen molar-refractivity contribution in [2.45, 2.75) is 39.7 Å². The average Bonchev–Trinajstić information content (AvgIpc) is 2.46. The van der Waals surface area contributed by atoms with Crippen LogP contribution in [0, 0.1) is 0 Å². The summed E-state index contributed by atoms with van der Waals surface area (Å²) >= 11 is 0. The maximum Gasteiger partial charge on any atom is 0.0606 e. The van der Waals surface area contributed by atoms with Crippen LogP contribution in [-0.4, -0.2) is 31.3 Å². The zero-order valence-electron chi connectivity index (χ0n) is 12.5. The third-order valence-corrected chi connectivity index (χ3v) is 3.46. The van der Waals surface area contributed by atoms with Gasteiger partial charge in [0.2, 0.25) is 0 Å². The van der Waals surface area contributed by atoms with E-state index in [1.165, 1.54) is 11.3 Å². The van der Waals surface area contributed by atoms with Crippen LogP contribution in [0.15, 0.2) is 24.3 Å². The zero-order chi connectivity index (χ0) is 14.1. The van der Waals surface area contributed by atoms with E-state index in [-0.39, 0.29) is 6.61 Å². The van der Waals surface area contributed by atoms with Crippen molar-refractivity contribution in [3.8, 4) is 0 Å². The maximum atomic E-state index is 9.06. The first-order valence-corrected chi connectivity index (χ1v) is 7.45. The molecule has 19 heavy (non-hydrogen) atoms. The molecule has 3 nitrogen and oxygen atoms in total. The first kappa shape index (κ1) is 16.0. The number of likely N-dealkylation sites (N-methyl/N-ethyl adjacent to an activating group) is 1. The summed E-state index contributed by atoms with van der Waals surface area (Å²) in [7, 11) is 0. The number of rotatable bonds is 9. The number of nitrogens with one attached hydrogen (secondary N) is 1. The fraction of sp³-hybridized carbons (Fsp3) is 0.625. The molecular weight excluding hydrogens is 236 g/mol. The molecule has 0 fully saturated rings. The molecule has 0 bridgehead atoms. The summed E-state index contributed by atoms with van der Waals surface area (Å²) in [5.41, 5.74) is 2.53. The molecule has 0 saturated heterocycles. The summed E-state index contributed by atoms with van der Waals surface area (Å²) in [5, 5.41) is 12.6. The molecule has 0 aromatic heterocycles. The van der Waals surface area contributed by atoms with E-state index >= 15 is 0 Å². The van der Waals surface area contributed by atoms with Gasteiger partial charge < -0.3 is 15.3 Å². The minimum Gasteiger partial charge on any atom is -0.395 e. The Hall–Kier alpha value is -1.06. The van der Waals surface area contributed by atoms with E-state index in [1.54, 1.807) is 0 Å². The SMILES string of the molecule is CCCNC(CC)c1ccc(N(CC)CCO)cc1. The van der Waals surface area contributed by atoms with Gasteiger partial charge in [0, 0.05) is 24.8 Å². The second-order valence-electron chi connectivity index (χ2n) is 4.81. The van der Waals surface area contributed by atoms with Gasteiger partial charge in [0.15, 0.2) is 0 Å². The fourth-order valence-electron chi connectivity index (χ4n) is 2.32. The van der Waals surface area contributed by atoms with Crippen LogP contribution in [0.25, 0.3) is 0 Å². The van der Waals surface area contributed by atoms with Gasteiger partial charge in [0.1, 0.15) is 0 Å². The van der Waals surface area contributed by atoms with Gasteiger partial charge in [0.25, 0.3) is 0 Å². The third-order valence-electron chi connectivity index (χ3n) is 3.46. The first-order chi connectivity index (χ1) is 9.26. The lowest BCUT2D eigenvalue weighted by Crippen LogP contribution is -2.26. The van der Waals surface area contributed by atoms with Crippen LogP contribution in [0.1, 0.15) is 45.2 Å². The molecule has 0 saturated carbocycles. The van der Waals surface area contributed by atoms with Crippen LogP contribution in [0.4, 0.5) is 5.69 Å². The predicted octanol–water partition coefficient (Wildman–Crippen LogP) is 2.96. The first-order valence-electron chi connectivity index (χ1n) is 7.45. The topological polar surface area (TPSA) is 35.5 Å². The summed E-state index contributed by atoms with van der Waals surface area (Å²) in [6, 6.07) is 9.16. The molecule has 1 aromatic rings. The summed E-state index contributed by atoms with van der Waals surface area (Å²) < 4.78 is 0. The fourth-order valence-corrected chi connectivity index (χ4v) is 2.32. The molecule has 1 unspecified atom stereocenters. The van der Waals surface area contributed by atoms with E-state index in [4.69, 9.17) is 5.11 Å². The van der Waals surface area contributed by atoms with Crippen molar-refractivity contribution in [1.29, 1.82) is 0 Å². The van der Waals surface area contributed by atoms with Crippen molar-refractivity contribution < 1.29 is 5.11 Å². The van der Waals surface area contributed by atoms with Crippen LogP contribution >= 0.6 is 0 Å². The van der Waals surface area contributed by atoms with Gasteiger partial charge in [-0.3, -0.25) is 0 Å². The maximum absolute atomic E-state index is 9.06. The molecule has 2 N–H and O–H groups in total. The van der Waals surface area contributed by atoms with Crippen LogP contribution in [0.5, 0.6) is 0 Å². The van der Waals surface area contributed by atoms with Crippen molar-refractivity contribution in [3.63, 3.8) is 0 Å². The Labute approximate surface area is 117 Å². The Bertz CT molecular complexity index is 337. The predicted molar refractivity (Wildman–Crippen MR) is 82.7 cm³/mol. The highest BCUT2D eigenvalue weighted by Crippen LogP contribution is 2.21. The van der Waals surface area contributed by atoms with Crippen molar-refractivity contribution in [2.75, 3.05) is 31.1 Å². The van der Waals surface area contributed by atoms with Crippen molar-refractivity contribution in [1.82, 2.24) is 5.32 Å². The molecule has 0 aliphatic rings. The van der Waals surface area contributed by atoms with Crippen molar-refractivity contribution in [3.05, 3.63) is 29.8 Å². The number of benzene rings is 1. The molecule has 1 rings (SSSR count). The minimum absolute atomic E-state index is 0.200. The average molecular weight is 264 g/mol. The lowest BCUT2D eigenvalue weighted by molar-refractivity contribution is 0.302. The Morgan fingerprint density at radius 2 is 1.84 bits per heavy atom. The van der Waals surface area contributed by atoms with Gasteiger partial charge in [-0.25, -0.2) is 0 Å². The Morgan fingerprint density at radius 1 is 1.16 bits per heavy atom. The smallest absolute Gasteiger partial charge is 0.0606 e. The van der Waals surface area contributed by atoms with Crippen molar-refractivity contribution in [2.24, 2.45) is 0 Å². The summed E-state index contributed by atoms with van der Waals surface area (Å²) in [5.74, 6) is 0. The zero-order valence-corrected chi connectivity index (χ0v) is 12.5. The van der Waals surface area contributed by atoms with E-state index in [0.717, 1.165) is 25.9 Å². The Balaban J connectivity index is 2.73. The van der Waals surface area contributed by atoms with Crippen LogP contribution in [0.2, 0.25) is 0 Å². The number of hydrogen-bond acceptors (Lipinski definition) is 3. The molecule has 108 valence electrons. The molecule has 1 aromatic carbocycles.